The van der Waals surface area contributed by atoms with Gasteiger partial charge in [0, 0.05) is 38.0 Å². The lowest BCUT2D eigenvalue weighted by Crippen LogP contribution is -2.52. The minimum Gasteiger partial charge on any atom is -0.492 e. The number of nitrogens with two attached hydrogens (primary N) is 1. The Morgan fingerprint density at radius 1 is 1.06 bits per heavy atom. The molecule has 1 aliphatic rings. The first kappa shape index (κ1) is 25.7. The molecule has 0 aliphatic carbocycles. The molecule has 1 unspecified atom stereocenters. The van der Waals surface area contributed by atoms with E-state index in [4.69, 9.17) is 15.2 Å². The van der Waals surface area contributed by atoms with Crippen LogP contribution in [0.3, 0.4) is 0 Å². The molecule has 188 valence electrons. The zero-order chi connectivity index (χ0) is 25.5. The maximum Gasteiger partial charge on any atom is 0.409 e. The normalized spacial score (nSPS) is 14.5. The number of fused-ring (bicyclic) bond motifs is 1. The molecular weight excluding hydrogens is 456 g/mol. The number of hydrogen-bond acceptors (Lipinski definition) is 7. The fourth-order valence-electron chi connectivity index (χ4n) is 4.17. The van der Waals surface area contributed by atoms with Gasteiger partial charge in [-0.15, -0.1) is 0 Å². The first-order chi connectivity index (χ1) is 16.8. The monoisotopic (exact) mass is 486 g/mol. The van der Waals surface area contributed by atoms with E-state index in [1.54, 1.807) is 43.0 Å². The number of aromatic nitrogens is 1. The lowest BCUT2D eigenvalue weighted by atomic mass is 9.91. The molecule has 11 heteroatoms. The van der Waals surface area contributed by atoms with Gasteiger partial charge in [-0.05, 0) is 32.4 Å². The fraction of sp³-hybridized carbons (Fsp3) is 0.458. The minimum absolute atomic E-state index is 0.0283. The third kappa shape index (κ3) is 5.79. The highest BCUT2D eigenvalue weighted by Gasteiger charge is 2.35. The fourth-order valence-corrected chi connectivity index (χ4v) is 4.17. The van der Waals surface area contributed by atoms with E-state index in [9.17, 15) is 24.3 Å². The van der Waals surface area contributed by atoms with Gasteiger partial charge in [0.2, 0.25) is 5.91 Å². The summed E-state index contributed by atoms with van der Waals surface area (Å²) in [5, 5.41) is 9.89. The maximum absolute atomic E-state index is 13.7. The zero-order valence-corrected chi connectivity index (χ0v) is 19.9. The first-order valence-electron chi connectivity index (χ1n) is 11.6. The molecule has 0 spiro atoms. The van der Waals surface area contributed by atoms with Crippen LogP contribution in [-0.2, 0) is 14.3 Å². The lowest BCUT2D eigenvalue weighted by Gasteiger charge is -2.36. The number of nitrogens with zero attached hydrogens (tertiary/aromatic N) is 3. The second-order valence-electron chi connectivity index (χ2n) is 8.01. The molecule has 1 saturated heterocycles. The number of carboxylic acid groups (broad SMARTS) is 1. The van der Waals surface area contributed by atoms with E-state index in [1.165, 1.54) is 4.90 Å². The number of amides is 3. The van der Waals surface area contributed by atoms with Crippen molar-refractivity contribution in [2.24, 2.45) is 5.73 Å². The molecule has 2 aromatic rings. The molecule has 0 saturated carbocycles. The van der Waals surface area contributed by atoms with Crippen molar-refractivity contribution in [2.75, 3.05) is 39.4 Å². The van der Waals surface area contributed by atoms with E-state index < -0.39 is 23.9 Å². The molecule has 35 heavy (non-hydrogen) atoms. The van der Waals surface area contributed by atoms with Crippen LogP contribution in [-0.4, -0.2) is 83.2 Å². The van der Waals surface area contributed by atoms with Crippen LogP contribution in [0.5, 0.6) is 5.75 Å². The average Bonchev–Trinajstić information content (AvgIpc) is 2.84. The molecule has 3 N–H and O–H groups in total. The number of para-hydroxylation sites is 1. The molecular formula is C24H30N4O7. The second-order valence-corrected chi connectivity index (χ2v) is 8.01. The van der Waals surface area contributed by atoms with Crippen molar-refractivity contribution in [1.29, 1.82) is 0 Å². The van der Waals surface area contributed by atoms with Gasteiger partial charge in [0.05, 0.1) is 30.3 Å². The van der Waals surface area contributed by atoms with Gasteiger partial charge in [0.1, 0.15) is 11.3 Å². The largest absolute Gasteiger partial charge is 0.492 e. The van der Waals surface area contributed by atoms with Crippen molar-refractivity contribution in [1.82, 2.24) is 14.8 Å². The van der Waals surface area contributed by atoms with Crippen molar-refractivity contribution in [3.8, 4) is 5.75 Å². The quantitative estimate of drug-likeness (QED) is 0.546. The number of pyridine rings is 1. The summed E-state index contributed by atoms with van der Waals surface area (Å²) in [7, 11) is 0. The van der Waals surface area contributed by atoms with Crippen LogP contribution in [0.4, 0.5) is 4.79 Å². The van der Waals surface area contributed by atoms with Gasteiger partial charge in [0.15, 0.2) is 0 Å². The Labute approximate surface area is 202 Å². The summed E-state index contributed by atoms with van der Waals surface area (Å²) in [6, 6.07) is 7.00. The van der Waals surface area contributed by atoms with Crippen molar-refractivity contribution >= 4 is 34.8 Å². The average molecular weight is 487 g/mol. The second kappa shape index (κ2) is 11.5. The van der Waals surface area contributed by atoms with Crippen LogP contribution < -0.4 is 10.5 Å². The van der Waals surface area contributed by atoms with Gasteiger partial charge in [-0.2, -0.15) is 0 Å². The third-order valence-electron chi connectivity index (χ3n) is 5.80. The lowest BCUT2D eigenvalue weighted by molar-refractivity contribution is -0.138. The van der Waals surface area contributed by atoms with Gasteiger partial charge >= 0.3 is 12.1 Å². The Bertz CT molecular complexity index is 1110. The molecule has 3 amide bonds. The number of aliphatic carboxylic acids is 1. The number of carbonyl (C=O) groups is 4. The molecule has 2 heterocycles. The van der Waals surface area contributed by atoms with Crippen LogP contribution >= 0.6 is 0 Å². The number of rotatable bonds is 9. The molecule has 0 bridgehead atoms. The maximum atomic E-state index is 13.7. The highest BCUT2D eigenvalue weighted by atomic mass is 16.6. The van der Waals surface area contributed by atoms with Gasteiger partial charge in [0.25, 0.3) is 5.91 Å². The van der Waals surface area contributed by atoms with E-state index in [0.717, 1.165) is 0 Å². The Kier molecular flexibility index (Phi) is 8.45. The van der Waals surface area contributed by atoms with E-state index in [1.807, 2.05) is 0 Å². The van der Waals surface area contributed by atoms with Crippen LogP contribution in [0.1, 0.15) is 48.7 Å². The molecule has 1 fully saturated rings. The topological polar surface area (TPSA) is 152 Å². The summed E-state index contributed by atoms with van der Waals surface area (Å²) < 4.78 is 10.8. The predicted octanol–water partition coefficient (Wildman–Crippen LogP) is 1.98. The summed E-state index contributed by atoms with van der Waals surface area (Å²) in [6.07, 6.45) is -0.838. The molecule has 1 aliphatic heterocycles. The third-order valence-corrected chi connectivity index (χ3v) is 5.80. The predicted molar refractivity (Wildman–Crippen MR) is 126 cm³/mol. The van der Waals surface area contributed by atoms with E-state index in [2.05, 4.69) is 4.98 Å². The number of piperazine rings is 1. The first-order valence-corrected chi connectivity index (χ1v) is 11.6. The SMILES string of the molecule is CCOC(=O)N1CCN(C(=O)C(CCC(=O)O)c2nc3ccccc3c(OCC)c2C(N)=O)CC1. The molecule has 0 radical (unpaired) electrons. The van der Waals surface area contributed by atoms with Crippen LogP contribution in [0.25, 0.3) is 10.9 Å². The zero-order valence-electron chi connectivity index (χ0n) is 19.9. The van der Waals surface area contributed by atoms with Crippen LogP contribution in [0.15, 0.2) is 24.3 Å². The molecule has 11 nitrogen and oxygen atoms in total. The number of carboxylic acids is 1. The van der Waals surface area contributed by atoms with Gasteiger partial charge in [-0.25, -0.2) is 4.79 Å². The Morgan fingerprint density at radius 3 is 2.31 bits per heavy atom. The highest BCUT2D eigenvalue weighted by molar-refractivity contribution is 6.04. The molecule has 1 aromatic heterocycles. The standard InChI is InChI=1S/C24H30N4O7/c1-3-34-21-15-7-5-6-8-17(15)26-20(19(21)22(25)31)16(9-10-18(29)30)23(32)27-11-13-28(14-12-27)24(33)35-4-2/h5-8,16H,3-4,9-14H2,1-2H3,(H2,25,31)(H,29,30). The summed E-state index contributed by atoms with van der Waals surface area (Å²) in [4.78, 5) is 57.3. The van der Waals surface area contributed by atoms with Crippen molar-refractivity contribution in [2.45, 2.75) is 32.6 Å². The summed E-state index contributed by atoms with van der Waals surface area (Å²) in [5.41, 5.74) is 6.30. The van der Waals surface area contributed by atoms with Gasteiger partial charge < -0.3 is 30.1 Å². The molecule has 1 aromatic carbocycles. The van der Waals surface area contributed by atoms with Crippen molar-refractivity contribution in [3.05, 3.63) is 35.5 Å². The van der Waals surface area contributed by atoms with Gasteiger partial charge in [-0.3, -0.25) is 19.4 Å². The molecule has 3 rings (SSSR count). The van der Waals surface area contributed by atoms with E-state index in [-0.39, 0.29) is 75.1 Å². The Balaban J connectivity index is 2.02. The van der Waals surface area contributed by atoms with Crippen LogP contribution in [0.2, 0.25) is 0 Å². The minimum atomic E-state index is -1.08. The van der Waals surface area contributed by atoms with E-state index in [0.29, 0.717) is 10.9 Å². The number of hydrogen-bond donors (Lipinski definition) is 2. The Morgan fingerprint density at radius 2 is 1.71 bits per heavy atom. The number of ether oxygens (including phenoxy) is 2. The molecule has 1 atom stereocenters. The number of primary amides is 1. The smallest absolute Gasteiger partial charge is 0.409 e. The van der Waals surface area contributed by atoms with Gasteiger partial charge in [-0.1, -0.05) is 12.1 Å². The van der Waals surface area contributed by atoms with Crippen molar-refractivity contribution in [3.63, 3.8) is 0 Å². The Hall–Kier alpha value is -3.89. The number of carbonyl (C=O) groups excluding carboxylic acids is 3. The summed E-state index contributed by atoms with van der Waals surface area (Å²) >= 11 is 0. The number of benzene rings is 1. The highest BCUT2D eigenvalue weighted by Crippen LogP contribution is 2.36. The summed E-state index contributed by atoms with van der Waals surface area (Å²) in [5.74, 6) is -3.10. The summed E-state index contributed by atoms with van der Waals surface area (Å²) in [6.45, 7) is 4.99. The van der Waals surface area contributed by atoms with E-state index >= 15 is 0 Å². The van der Waals surface area contributed by atoms with Crippen LogP contribution in [0, 0.1) is 0 Å². The van der Waals surface area contributed by atoms with Crippen molar-refractivity contribution < 1.29 is 33.8 Å².